The largest absolute Gasteiger partial charge is 0.417 e. The Balaban J connectivity index is 2.03. The molecule has 5 nitrogen and oxygen atoms in total. The summed E-state index contributed by atoms with van der Waals surface area (Å²) < 4.78 is 6.80. The number of anilines is 1. The number of nitrogens with one attached hydrogen (secondary N) is 1. The van der Waals surface area contributed by atoms with Crippen molar-refractivity contribution in [2.24, 2.45) is 7.05 Å². The molecule has 0 aliphatic rings. The molecule has 2 aromatic rings. The maximum absolute atomic E-state index is 11.7. The van der Waals surface area contributed by atoms with Crippen LogP contribution in [0, 0.1) is 0 Å². The molecule has 0 fully saturated rings. The number of aryl methyl sites for hydroxylation is 2. The van der Waals surface area contributed by atoms with E-state index in [2.05, 4.69) is 10.4 Å². The second-order valence-electron chi connectivity index (χ2n) is 3.84. The van der Waals surface area contributed by atoms with Gasteiger partial charge in [-0.05, 0) is 18.6 Å². The molecule has 1 heterocycles. The highest BCUT2D eigenvalue weighted by Gasteiger charge is 2.10. The zero-order valence-corrected chi connectivity index (χ0v) is 10.4. The van der Waals surface area contributed by atoms with E-state index in [1.807, 2.05) is 32.2 Å². The summed E-state index contributed by atoms with van der Waals surface area (Å²) in [6.07, 6.45) is 2.00. The summed E-state index contributed by atoms with van der Waals surface area (Å²) in [5, 5.41) is 6.92. The Hall–Kier alpha value is -2.30. The van der Waals surface area contributed by atoms with E-state index in [1.165, 1.54) is 0 Å². The number of para-hydroxylation sites is 1. The van der Waals surface area contributed by atoms with Gasteiger partial charge in [-0.1, -0.05) is 25.1 Å². The van der Waals surface area contributed by atoms with Gasteiger partial charge in [-0.15, -0.1) is 0 Å². The highest BCUT2D eigenvalue weighted by atomic mass is 16.6. The molecule has 1 N–H and O–H groups in total. The van der Waals surface area contributed by atoms with Crippen LogP contribution in [0.4, 0.5) is 10.5 Å². The van der Waals surface area contributed by atoms with Crippen LogP contribution in [0.15, 0.2) is 36.5 Å². The molecule has 1 aromatic carbocycles. The quantitative estimate of drug-likeness (QED) is 0.904. The molecule has 1 aromatic heterocycles. The molecule has 2 rings (SSSR count). The van der Waals surface area contributed by atoms with Crippen molar-refractivity contribution in [1.82, 2.24) is 9.78 Å². The Morgan fingerprint density at radius 3 is 2.78 bits per heavy atom. The summed E-state index contributed by atoms with van der Waals surface area (Å²) in [5.41, 5.74) is 1.52. The lowest BCUT2D eigenvalue weighted by Crippen LogP contribution is -2.17. The van der Waals surface area contributed by atoms with Crippen LogP contribution in [0.1, 0.15) is 12.6 Å². The molecule has 0 unspecified atom stereocenters. The van der Waals surface area contributed by atoms with E-state index >= 15 is 0 Å². The van der Waals surface area contributed by atoms with Crippen molar-refractivity contribution >= 4 is 11.8 Å². The van der Waals surface area contributed by atoms with Gasteiger partial charge in [0.2, 0.25) is 0 Å². The minimum absolute atomic E-state index is 0.510. The normalized spacial score (nSPS) is 10.1. The molecule has 94 valence electrons. The fraction of sp³-hybridized carbons (Fsp3) is 0.231. The van der Waals surface area contributed by atoms with E-state index in [9.17, 15) is 4.79 Å². The van der Waals surface area contributed by atoms with Gasteiger partial charge < -0.3 is 4.74 Å². The van der Waals surface area contributed by atoms with Crippen LogP contribution in [0.2, 0.25) is 0 Å². The fourth-order valence-corrected chi connectivity index (χ4v) is 1.63. The Labute approximate surface area is 105 Å². The molecule has 0 aliphatic heterocycles. The van der Waals surface area contributed by atoms with Crippen molar-refractivity contribution in [1.29, 1.82) is 0 Å². The van der Waals surface area contributed by atoms with E-state index < -0.39 is 6.09 Å². The first kappa shape index (κ1) is 12.2. The number of hydrogen-bond donors (Lipinski definition) is 1. The van der Waals surface area contributed by atoms with Gasteiger partial charge in [0.1, 0.15) is 5.75 Å². The van der Waals surface area contributed by atoms with Gasteiger partial charge in [0.05, 0.1) is 11.4 Å². The standard InChI is InChI=1S/C13H15N3O2/c1-3-11-12(9-16(2)15-11)14-13(17)18-10-7-5-4-6-8-10/h4-9H,3H2,1-2H3,(H,14,17). The zero-order valence-electron chi connectivity index (χ0n) is 10.4. The third-order valence-electron chi connectivity index (χ3n) is 2.43. The van der Waals surface area contributed by atoms with Crippen LogP contribution in [0.5, 0.6) is 5.75 Å². The summed E-state index contributed by atoms with van der Waals surface area (Å²) in [5.74, 6) is 0.511. The number of carbonyl (C=O) groups is 1. The summed E-state index contributed by atoms with van der Waals surface area (Å²) in [6, 6.07) is 8.93. The number of aromatic nitrogens is 2. The third-order valence-corrected chi connectivity index (χ3v) is 2.43. The molecule has 1 amide bonds. The summed E-state index contributed by atoms with van der Waals surface area (Å²) in [4.78, 5) is 11.7. The lowest BCUT2D eigenvalue weighted by molar-refractivity contribution is 0.215. The van der Waals surface area contributed by atoms with Gasteiger partial charge in [0.25, 0.3) is 0 Å². The van der Waals surface area contributed by atoms with Crippen molar-refractivity contribution < 1.29 is 9.53 Å². The maximum Gasteiger partial charge on any atom is 0.417 e. The van der Waals surface area contributed by atoms with Crippen LogP contribution in [-0.2, 0) is 13.5 Å². The predicted octanol–water partition coefficient (Wildman–Crippen LogP) is 2.59. The molecule has 0 saturated heterocycles. The first-order valence-corrected chi connectivity index (χ1v) is 5.75. The lowest BCUT2D eigenvalue weighted by atomic mass is 10.3. The fourth-order valence-electron chi connectivity index (χ4n) is 1.63. The van der Waals surface area contributed by atoms with E-state index in [4.69, 9.17) is 4.74 Å². The average molecular weight is 245 g/mol. The molecule has 0 radical (unpaired) electrons. The molecule has 0 atom stereocenters. The maximum atomic E-state index is 11.7. The van der Waals surface area contributed by atoms with Crippen molar-refractivity contribution in [3.05, 3.63) is 42.2 Å². The number of hydrogen-bond acceptors (Lipinski definition) is 3. The van der Waals surface area contributed by atoms with Gasteiger partial charge in [-0.25, -0.2) is 4.79 Å². The molecule has 0 aliphatic carbocycles. The summed E-state index contributed by atoms with van der Waals surface area (Å²) in [7, 11) is 1.81. The summed E-state index contributed by atoms with van der Waals surface area (Å²) >= 11 is 0. The Bertz CT molecular complexity index is 534. The number of carbonyl (C=O) groups excluding carboxylic acids is 1. The zero-order chi connectivity index (χ0) is 13.0. The van der Waals surface area contributed by atoms with Gasteiger partial charge in [-0.2, -0.15) is 5.10 Å². The van der Waals surface area contributed by atoms with Gasteiger partial charge in [0, 0.05) is 13.2 Å². The van der Waals surface area contributed by atoms with E-state index in [0.717, 1.165) is 12.1 Å². The topological polar surface area (TPSA) is 56.2 Å². The van der Waals surface area contributed by atoms with E-state index in [0.29, 0.717) is 11.4 Å². The van der Waals surface area contributed by atoms with Crippen LogP contribution in [0.3, 0.4) is 0 Å². The number of benzene rings is 1. The van der Waals surface area contributed by atoms with Crippen molar-refractivity contribution in [3.63, 3.8) is 0 Å². The third kappa shape index (κ3) is 2.88. The van der Waals surface area contributed by atoms with Crippen LogP contribution in [0.25, 0.3) is 0 Å². The second-order valence-corrected chi connectivity index (χ2v) is 3.84. The Morgan fingerprint density at radius 1 is 1.39 bits per heavy atom. The number of ether oxygens (including phenoxy) is 1. The van der Waals surface area contributed by atoms with Gasteiger partial charge in [-0.3, -0.25) is 10.00 Å². The molecule has 0 bridgehead atoms. The van der Waals surface area contributed by atoms with Crippen LogP contribution < -0.4 is 10.1 Å². The first-order valence-electron chi connectivity index (χ1n) is 5.75. The predicted molar refractivity (Wildman–Crippen MR) is 68.7 cm³/mol. The Morgan fingerprint density at radius 2 is 2.11 bits per heavy atom. The Kier molecular flexibility index (Phi) is 3.62. The SMILES string of the molecule is CCc1nn(C)cc1NC(=O)Oc1ccccc1. The number of rotatable bonds is 3. The highest BCUT2D eigenvalue weighted by molar-refractivity contribution is 5.86. The average Bonchev–Trinajstić information content (AvgIpc) is 2.70. The lowest BCUT2D eigenvalue weighted by Gasteiger charge is -2.05. The first-order chi connectivity index (χ1) is 8.69. The van der Waals surface area contributed by atoms with Gasteiger partial charge >= 0.3 is 6.09 Å². The second kappa shape index (κ2) is 5.35. The van der Waals surface area contributed by atoms with E-state index in [-0.39, 0.29) is 0 Å². The molecule has 0 spiro atoms. The number of nitrogens with zero attached hydrogens (tertiary/aromatic N) is 2. The van der Waals surface area contributed by atoms with Crippen molar-refractivity contribution in [3.8, 4) is 5.75 Å². The smallest absolute Gasteiger partial charge is 0.410 e. The molecular weight excluding hydrogens is 230 g/mol. The summed E-state index contributed by atoms with van der Waals surface area (Å²) in [6.45, 7) is 1.98. The molecular formula is C13H15N3O2. The van der Waals surface area contributed by atoms with Crippen LogP contribution >= 0.6 is 0 Å². The molecule has 0 saturated carbocycles. The minimum Gasteiger partial charge on any atom is -0.410 e. The highest BCUT2D eigenvalue weighted by Crippen LogP contribution is 2.15. The number of amides is 1. The molecule has 5 heteroatoms. The monoisotopic (exact) mass is 245 g/mol. The van der Waals surface area contributed by atoms with Crippen molar-refractivity contribution in [2.75, 3.05) is 5.32 Å². The van der Waals surface area contributed by atoms with Crippen molar-refractivity contribution in [2.45, 2.75) is 13.3 Å². The van der Waals surface area contributed by atoms with Gasteiger partial charge in [0.15, 0.2) is 0 Å². The van der Waals surface area contributed by atoms with Crippen LogP contribution in [-0.4, -0.2) is 15.9 Å². The van der Waals surface area contributed by atoms with E-state index in [1.54, 1.807) is 23.0 Å². The molecule has 18 heavy (non-hydrogen) atoms. The minimum atomic E-state index is -0.510.